The normalized spacial score (nSPS) is 15.0. The summed E-state index contributed by atoms with van der Waals surface area (Å²) in [6.07, 6.45) is 3.52. The van der Waals surface area contributed by atoms with E-state index in [2.05, 4.69) is 51.1 Å². The number of nitrogens with zero attached hydrogens (tertiary/aromatic N) is 3. The smallest absolute Gasteiger partial charge is 0.293 e. The van der Waals surface area contributed by atoms with Crippen molar-refractivity contribution in [1.82, 2.24) is 14.8 Å². The van der Waals surface area contributed by atoms with Crippen molar-refractivity contribution in [2.75, 3.05) is 10.6 Å². The lowest BCUT2D eigenvalue weighted by atomic mass is 10.0. The van der Waals surface area contributed by atoms with E-state index in [1.807, 2.05) is 31.2 Å². The Balaban J connectivity index is 1.53. The summed E-state index contributed by atoms with van der Waals surface area (Å²) < 4.78 is 6.90. The second kappa shape index (κ2) is 7.77. The van der Waals surface area contributed by atoms with Crippen molar-refractivity contribution in [2.45, 2.75) is 13.0 Å². The van der Waals surface area contributed by atoms with Crippen molar-refractivity contribution < 1.29 is 9.21 Å². The first kappa shape index (κ1) is 19.1. The number of carbonyl (C=O) groups excluding carboxylic acids is 1. The zero-order chi connectivity index (χ0) is 21.4. The Kier molecular flexibility index (Phi) is 4.80. The van der Waals surface area contributed by atoms with E-state index in [1.54, 1.807) is 16.8 Å². The zero-order valence-corrected chi connectivity index (χ0v) is 17.3. The number of aryl methyl sites for hydroxylation is 1. The third-order valence-corrected chi connectivity index (χ3v) is 5.26. The molecule has 1 aliphatic rings. The van der Waals surface area contributed by atoms with Crippen molar-refractivity contribution in [3.05, 3.63) is 100 Å². The minimum Gasteiger partial charge on any atom is -0.459 e. The van der Waals surface area contributed by atoms with Crippen LogP contribution < -0.4 is 10.6 Å². The molecule has 0 aliphatic carbocycles. The number of anilines is 2. The fourth-order valence-corrected chi connectivity index (χ4v) is 3.54. The Morgan fingerprint density at radius 2 is 1.90 bits per heavy atom. The monoisotopic (exact) mass is 431 g/mol. The molecule has 2 N–H and O–H groups in total. The number of furan rings is 1. The van der Waals surface area contributed by atoms with Crippen LogP contribution in [0.15, 0.2) is 77.4 Å². The van der Waals surface area contributed by atoms with E-state index in [-0.39, 0.29) is 17.8 Å². The van der Waals surface area contributed by atoms with Gasteiger partial charge in [0.2, 0.25) is 5.95 Å². The first-order chi connectivity index (χ1) is 15.1. The summed E-state index contributed by atoms with van der Waals surface area (Å²) in [7, 11) is 0. The number of nitrogens with one attached hydrogen (secondary N) is 2. The van der Waals surface area contributed by atoms with Gasteiger partial charge in [-0.2, -0.15) is 4.98 Å². The molecule has 0 fully saturated rings. The average Bonchev–Trinajstić information content (AvgIpc) is 3.44. The van der Waals surface area contributed by atoms with Crippen LogP contribution in [0.5, 0.6) is 0 Å². The number of amides is 1. The molecule has 0 saturated carbocycles. The molecule has 7 nitrogen and oxygen atoms in total. The van der Waals surface area contributed by atoms with Crippen LogP contribution in [0.2, 0.25) is 5.02 Å². The summed E-state index contributed by atoms with van der Waals surface area (Å²) in [6, 6.07) is 18.8. The summed E-state index contributed by atoms with van der Waals surface area (Å²) in [6.45, 7) is 2.05. The second-order valence-corrected chi connectivity index (χ2v) is 7.64. The highest BCUT2D eigenvalue weighted by Crippen LogP contribution is 2.33. The third-order valence-electron chi connectivity index (χ3n) is 5.01. The number of benzene rings is 2. The molecule has 1 amide bonds. The molecular formula is C23H18ClN5O2. The lowest BCUT2D eigenvalue weighted by Gasteiger charge is -2.24. The summed E-state index contributed by atoms with van der Waals surface area (Å²) in [5, 5.41) is 11.2. The maximum Gasteiger partial charge on any atom is 0.293 e. The third kappa shape index (κ3) is 3.83. The number of carbonyl (C=O) groups is 1. The fraction of sp³-hybridized carbons (Fsp3) is 0.0870. The van der Waals surface area contributed by atoms with Crippen LogP contribution in [-0.4, -0.2) is 20.7 Å². The molecule has 0 unspecified atom stereocenters. The minimum atomic E-state index is -0.411. The van der Waals surface area contributed by atoms with Crippen LogP contribution in [0.4, 0.5) is 11.9 Å². The van der Waals surface area contributed by atoms with Crippen LogP contribution in [0.1, 0.15) is 33.3 Å². The molecule has 0 spiro atoms. The van der Waals surface area contributed by atoms with Crippen molar-refractivity contribution in [3.8, 4) is 0 Å². The number of hydrogen-bond acceptors (Lipinski definition) is 5. The van der Waals surface area contributed by atoms with E-state index in [1.165, 1.54) is 11.8 Å². The number of aromatic nitrogens is 3. The summed E-state index contributed by atoms with van der Waals surface area (Å²) in [4.78, 5) is 16.8. The van der Waals surface area contributed by atoms with Gasteiger partial charge in [0.15, 0.2) is 5.76 Å². The molecule has 154 valence electrons. The Morgan fingerprint density at radius 3 is 2.61 bits per heavy atom. The Bertz CT molecular complexity index is 1260. The number of halogens is 1. The second-order valence-electron chi connectivity index (χ2n) is 7.20. The molecule has 31 heavy (non-hydrogen) atoms. The molecule has 5 rings (SSSR count). The van der Waals surface area contributed by atoms with E-state index in [0.717, 1.165) is 16.8 Å². The summed E-state index contributed by atoms with van der Waals surface area (Å²) in [5.41, 5.74) is 4.07. The van der Waals surface area contributed by atoms with Crippen molar-refractivity contribution in [2.24, 2.45) is 0 Å². The van der Waals surface area contributed by atoms with Gasteiger partial charge in [0.05, 0.1) is 6.26 Å². The summed E-state index contributed by atoms with van der Waals surface area (Å²) >= 11 is 6.05. The van der Waals surface area contributed by atoms with Crippen molar-refractivity contribution in [1.29, 1.82) is 0 Å². The highest BCUT2D eigenvalue weighted by molar-refractivity contribution is 6.30. The Labute approximate surface area is 183 Å². The van der Waals surface area contributed by atoms with Gasteiger partial charge in [0, 0.05) is 10.7 Å². The van der Waals surface area contributed by atoms with Crippen LogP contribution in [0.25, 0.3) is 5.70 Å². The van der Waals surface area contributed by atoms with Gasteiger partial charge < -0.3 is 9.73 Å². The first-order valence-electron chi connectivity index (χ1n) is 9.69. The van der Waals surface area contributed by atoms with Gasteiger partial charge in [-0.3, -0.25) is 10.1 Å². The lowest BCUT2D eigenvalue weighted by Crippen LogP contribution is -2.20. The minimum absolute atomic E-state index is 0.187. The number of fused-ring (bicyclic) bond motifs is 1. The highest BCUT2D eigenvalue weighted by atomic mass is 35.5. The van der Waals surface area contributed by atoms with E-state index >= 15 is 0 Å². The number of rotatable bonds is 4. The van der Waals surface area contributed by atoms with Gasteiger partial charge in [0.1, 0.15) is 6.04 Å². The largest absolute Gasteiger partial charge is 0.459 e. The fourth-order valence-electron chi connectivity index (χ4n) is 3.42. The first-order valence-corrected chi connectivity index (χ1v) is 10.1. The molecule has 8 heteroatoms. The maximum absolute atomic E-state index is 12.4. The molecule has 3 heterocycles. The average molecular weight is 432 g/mol. The van der Waals surface area contributed by atoms with Gasteiger partial charge in [-0.05, 0) is 48.4 Å². The molecule has 2 aromatic heterocycles. The van der Waals surface area contributed by atoms with E-state index < -0.39 is 5.91 Å². The molecular weight excluding hydrogens is 414 g/mol. The predicted molar refractivity (Wildman–Crippen MR) is 119 cm³/mol. The molecule has 0 bridgehead atoms. The number of hydrogen-bond donors (Lipinski definition) is 2. The van der Waals surface area contributed by atoms with Gasteiger partial charge in [-0.1, -0.05) is 53.6 Å². The molecule has 4 aromatic rings. The zero-order valence-electron chi connectivity index (χ0n) is 16.5. The van der Waals surface area contributed by atoms with E-state index in [0.29, 0.717) is 11.0 Å². The van der Waals surface area contributed by atoms with Crippen LogP contribution >= 0.6 is 11.6 Å². The standard InChI is InChI=1S/C23H18ClN5O2/c1-14-4-6-16(7-5-14)19-13-18(15-8-10-17(24)11-9-15)25-23-27-22(28-29(19)23)26-21(30)20-3-2-12-31-20/h2-13,19H,1H3,(H2,25,26,27,28,30)/t19-/m0/s1. The number of allylic oxidation sites excluding steroid dienone is 1. The topological polar surface area (TPSA) is 85.0 Å². The van der Waals surface area contributed by atoms with Gasteiger partial charge >= 0.3 is 0 Å². The Morgan fingerprint density at radius 1 is 1.13 bits per heavy atom. The molecule has 2 aromatic carbocycles. The van der Waals surface area contributed by atoms with E-state index in [4.69, 9.17) is 16.0 Å². The Hall–Kier alpha value is -3.84. The van der Waals surface area contributed by atoms with E-state index in [9.17, 15) is 4.79 Å². The van der Waals surface area contributed by atoms with Crippen molar-refractivity contribution in [3.63, 3.8) is 0 Å². The molecule has 0 radical (unpaired) electrons. The predicted octanol–water partition coefficient (Wildman–Crippen LogP) is 5.14. The van der Waals surface area contributed by atoms with Crippen molar-refractivity contribution >= 4 is 35.1 Å². The summed E-state index contributed by atoms with van der Waals surface area (Å²) in [5.74, 6) is 0.487. The van der Waals surface area contributed by atoms with Crippen LogP contribution in [0, 0.1) is 6.92 Å². The molecule has 1 atom stereocenters. The van der Waals surface area contributed by atoms with Gasteiger partial charge in [-0.15, -0.1) is 5.10 Å². The molecule has 1 aliphatic heterocycles. The lowest BCUT2D eigenvalue weighted by molar-refractivity contribution is 0.0996. The maximum atomic E-state index is 12.4. The highest BCUT2D eigenvalue weighted by Gasteiger charge is 2.26. The van der Waals surface area contributed by atoms with Crippen LogP contribution in [0.3, 0.4) is 0 Å². The van der Waals surface area contributed by atoms with Crippen LogP contribution in [-0.2, 0) is 0 Å². The SMILES string of the molecule is Cc1ccc([C@@H]2C=C(c3ccc(Cl)cc3)Nc3nc(NC(=O)c4ccco4)nn32)cc1. The quantitative estimate of drug-likeness (QED) is 0.467. The van der Waals surface area contributed by atoms with Gasteiger partial charge in [0.25, 0.3) is 11.9 Å². The van der Waals surface area contributed by atoms with Gasteiger partial charge in [-0.25, -0.2) is 4.68 Å². The molecule has 0 saturated heterocycles.